The fourth-order valence-electron chi connectivity index (χ4n) is 5.13. The Hall–Kier alpha value is -3.81. The number of aryl methyl sites for hydroxylation is 1. The molecular formula is C35H52ClN5O7S. The quantitative estimate of drug-likeness (QED) is 0.0882. The molecule has 0 aliphatic heterocycles. The molecule has 3 atom stereocenters. The molecule has 0 aliphatic rings. The van der Waals surface area contributed by atoms with E-state index in [1.54, 1.807) is 13.0 Å². The van der Waals surface area contributed by atoms with Gasteiger partial charge in [-0.05, 0) is 92.3 Å². The van der Waals surface area contributed by atoms with Crippen LogP contribution in [0.15, 0.2) is 36.4 Å². The van der Waals surface area contributed by atoms with Crippen molar-refractivity contribution in [1.29, 1.82) is 0 Å². The minimum atomic E-state index is -0.940. The van der Waals surface area contributed by atoms with Crippen molar-refractivity contribution in [3.05, 3.63) is 64.2 Å². The van der Waals surface area contributed by atoms with E-state index in [4.69, 9.17) is 5.73 Å². The van der Waals surface area contributed by atoms with Crippen LogP contribution in [-0.2, 0) is 41.6 Å². The molecule has 12 nitrogen and oxygen atoms in total. The van der Waals surface area contributed by atoms with Gasteiger partial charge in [0.1, 0.15) is 17.8 Å². The van der Waals surface area contributed by atoms with E-state index in [1.807, 2.05) is 50.4 Å². The summed E-state index contributed by atoms with van der Waals surface area (Å²) in [6.45, 7) is 5.49. The van der Waals surface area contributed by atoms with Crippen molar-refractivity contribution in [2.45, 2.75) is 83.8 Å². The molecule has 0 aliphatic carbocycles. The maximum atomic E-state index is 13.2. The van der Waals surface area contributed by atoms with Crippen LogP contribution >= 0.6 is 24.2 Å². The standard InChI is InChI=1S/C35H51N5O7S.ClH/c1-22-18-30(41)24(3)23(2)26(22)20-27(36)33(44)40-28(15-17-48-5)34(45)38-21-31(42)39-29(19-25-12-8-6-9-13-25)35(46)37-16-11-7-10-14-32(43)47-4;/h6,8-9,12-13,18,27-29,41H,7,10-11,14-17,19-21,36H2,1-5H3,(H,37,46)(H,38,45)(H,39,42)(H,40,44);1H/t27-,28-,29+;/m1./s1. The molecule has 2 aromatic rings. The van der Waals surface area contributed by atoms with Gasteiger partial charge in [0, 0.05) is 19.4 Å². The van der Waals surface area contributed by atoms with E-state index in [1.165, 1.54) is 18.9 Å². The highest BCUT2D eigenvalue weighted by Crippen LogP contribution is 2.27. The van der Waals surface area contributed by atoms with Gasteiger partial charge >= 0.3 is 5.97 Å². The monoisotopic (exact) mass is 721 g/mol. The van der Waals surface area contributed by atoms with E-state index in [2.05, 4.69) is 26.0 Å². The van der Waals surface area contributed by atoms with Crippen molar-refractivity contribution < 1.29 is 33.8 Å². The number of methoxy groups -OCH3 is 1. The van der Waals surface area contributed by atoms with Gasteiger partial charge < -0.3 is 36.8 Å². The average Bonchev–Trinajstić information content (AvgIpc) is 3.07. The molecule has 2 rings (SSSR count). The number of benzene rings is 2. The second kappa shape index (κ2) is 22.8. The first-order valence-electron chi connectivity index (χ1n) is 16.2. The Kier molecular flexibility index (Phi) is 20.1. The number of phenols is 1. The number of hydrogen-bond acceptors (Lipinski definition) is 9. The summed E-state index contributed by atoms with van der Waals surface area (Å²) in [4.78, 5) is 63.6. The maximum Gasteiger partial charge on any atom is 0.305 e. The van der Waals surface area contributed by atoms with Gasteiger partial charge in [0.05, 0.1) is 19.7 Å². The zero-order valence-electron chi connectivity index (χ0n) is 29.1. The molecule has 0 fully saturated rings. The minimum absolute atomic E-state index is 0. The van der Waals surface area contributed by atoms with Crippen molar-refractivity contribution >= 4 is 53.8 Å². The number of nitrogens with one attached hydrogen (secondary N) is 4. The fourth-order valence-corrected chi connectivity index (χ4v) is 5.60. The molecule has 14 heteroatoms. The second-order valence-corrected chi connectivity index (χ2v) is 12.8. The number of carbonyl (C=O) groups is 5. The van der Waals surface area contributed by atoms with E-state index in [-0.39, 0.29) is 42.9 Å². The van der Waals surface area contributed by atoms with Crippen molar-refractivity contribution in [3.8, 4) is 5.75 Å². The Bertz CT molecular complexity index is 1400. The van der Waals surface area contributed by atoms with Gasteiger partial charge in [-0.15, -0.1) is 12.4 Å². The van der Waals surface area contributed by atoms with Crippen molar-refractivity contribution in [1.82, 2.24) is 21.3 Å². The minimum Gasteiger partial charge on any atom is -0.508 e. The summed E-state index contributed by atoms with van der Waals surface area (Å²) in [7, 11) is 1.34. The molecule has 0 saturated carbocycles. The number of rotatable bonds is 20. The molecule has 0 bridgehead atoms. The SMILES string of the molecule is COC(=O)CCCCCNC(=O)[C@H](Cc1ccccc1)NC(=O)CNC(=O)[C@@H](CCSC)NC(=O)[C@H](N)Cc1c(C)cc(O)c(C)c1C.Cl. The van der Waals surface area contributed by atoms with Gasteiger partial charge in [-0.3, -0.25) is 24.0 Å². The van der Waals surface area contributed by atoms with Crippen LogP contribution in [0.25, 0.3) is 0 Å². The summed E-state index contributed by atoms with van der Waals surface area (Å²) in [6, 6.07) is 8.16. The lowest BCUT2D eigenvalue weighted by molar-refractivity contribution is -0.140. The number of carbonyl (C=O) groups excluding carboxylic acids is 5. The third-order valence-corrected chi connectivity index (χ3v) is 8.82. The van der Waals surface area contributed by atoms with Crippen molar-refractivity contribution in [3.63, 3.8) is 0 Å². The first-order valence-corrected chi connectivity index (χ1v) is 17.6. The number of ether oxygens (including phenoxy) is 1. The summed E-state index contributed by atoms with van der Waals surface area (Å²) >= 11 is 1.51. The number of halogens is 1. The number of thioether (sulfide) groups is 1. The highest BCUT2D eigenvalue weighted by Gasteiger charge is 2.26. The molecule has 2 aromatic carbocycles. The maximum absolute atomic E-state index is 13.2. The van der Waals surface area contributed by atoms with E-state index in [0.717, 1.165) is 34.2 Å². The lowest BCUT2D eigenvalue weighted by atomic mass is 9.92. The Balaban J connectivity index is 0.0000120. The molecule has 0 spiro atoms. The predicted octanol–water partition coefficient (Wildman–Crippen LogP) is 2.54. The van der Waals surface area contributed by atoms with Gasteiger partial charge in [0.2, 0.25) is 23.6 Å². The van der Waals surface area contributed by atoms with Gasteiger partial charge in [0.15, 0.2) is 0 Å². The third-order valence-electron chi connectivity index (χ3n) is 8.18. The molecule has 0 heterocycles. The van der Waals surface area contributed by atoms with Crippen molar-refractivity contribution in [2.24, 2.45) is 5.73 Å². The Morgan fingerprint density at radius 3 is 2.20 bits per heavy atom. The number of esters is 1. The van der Waals surface area contributed by atoms with Crippen LogP contribution in [0.2, 0.25) is 0 Å². The van der Waals surface area contributed by atoms with Crippen LogP contribution in [0.5, 0.6) is 5.75 Å². The number of hydrogen-bond donors (Lipinski definition) is 6. The van der Waals surface area contributed by atoms with E-state index < -0.39 is 42.4 Å². The molecule has 0 unspecified atom stereocenters. The highest BCUT2D eigenvalue weighted by molar-refractivity contribution is 7.98. The van der Waals surface area contributed by atoms with E-state index >= 15 is 0 Å². The molecule has 0 aromatic heterocycles. The van der Waals surface area contributed by atoms with Crippen LogP contribution < -0.4 is 27.0 Å². The number of unbranched alkanes of at least 4 members (excludes halogenated alkanes) is 2. The van der Waals surface area contributed by atoms with E-state index in [9.17, 15) is 29.1 Å². The van der Waals surface area contributed by atoms with Crippen LogP contribution in [0, 0.1) is 20.8 Å². The molecule has 0 saturated heterocycles. The van der Waals surface area contributed by atoms with E-state index in [0.29, 0.717) is 38.0 Å². The summed E-state index contributed by atoms with van der Waals surface area (Å²) in [5.41, 5.74) is 10.4. The predicted molar refractivity (Wildman–Crippen MR) is 195 cm³/mol. The Morgan fingerprint density at radius 1 is 0.878 bits per heavy atom. The zero-order valence-corrected chi connectivity index (χ0v) is 30.7. The van der Waals surface area contributed by atoms with Crippen LogP contribution in [-0.4, -0.2) is 85.0 Å². The molecule has 272 valence electrons. The van der Waals surface area contributed by atoms with Crippen molar-refractivity contribution in [2.75, 3.05) is 32.2 Å². The topological polar surface area (TPSA) is 189 Å². The molecular weight excluding hydrogens is 670 g/mol. The lowest BCUT2D eigenvalue weighted by Gasteiger charge is -2.22. The van der Waals surface area contributed by atoms with Crippen LogP contribution in [0.4, 0.5) is 0 Å². The average molecular weight is 722 g/mol. The van der Waals surface area contributed by atoms with Gasteiger partial charge in [-0.1, -0.05) is 36.8 Å². The smallest absolute Gasteiger partial charge is 0.305 e. The Morgan fingerprint density at radius 2 is 1.55 bits per heavy atom. The molecule has 0 radical (unpaired) electrons. The van der Waals surface area contributed by atoms with Gasteiger partial charge in [-0.25, -0.2) is 0 Å². The summed E-state index contributed by atoms with van der Waals surface area (Å²) in [5, 5.41) is 21.0. The normalized spacial score (nSPS) is 12.4. The van der Waals surface area contributed by atoms with Crippen LogP contribution in [0.1, 0.15) is 59.9 Å². The number of nitrogens with two attached hydrogens (primary N) is 1. The van der Waals surface area contributed by atoms with Gasteiger partial charge in [0.25, 0.3) is 0 Å². The largest absolute Gasteiger partial charge is 0.508 e. The molecule has 7 N–H and O–H groups in total. The fraction of sp³-hybridized carbons (Fsp3) is 0.514. The third kappa shape index (κ3) is 15.1. The summed E-state index contributed by atoms with van der Waals surface area (Å²) in [5.74, 6) is -1.47. The Labute approximate surface area is 299 Å². The number of aromatic hydroxyl groups is 1. The first-order chi connectivity index (χ1) is 22.9. The first kappa shape index (κ1) is 43.2. The number of phenolic OH excluding ortho intramolecular Hbond substituents is 1. The molecule has 49 heavy (non-hydrogen) atoms. The summed E-state index contributed by atoms with van der Waals surface area (Å²) in [6.07, 6.45) is 5.03. The zero-order chi connectivity index (χ0) is 35.6. The molecule has 4 amide bonds. The highest BCUT2D eigenvalue weighted by atomic mass is 35.5. The van der Waals surface area contributed by atoms with Gasteiger partial charge in [-0.2, -0.15) is 11.8 Å². The summed E-state index contributed by atoms with van der Waals surface area (Å²) < 4.78 is 4.64. The van der Waals surface area contributed by atoms with Crippen LogP contribution in [0.3, 0.4) is 0 Å². The second-order valence-electron chi connectivity index (χ2n) is 11.8. The lowest BCUT2D eigenvalue weighted by Crippen LogP contribution is -2.54. The number of amides is 4.